The van der Waals surface area contributed by atoms with Crippen molar-refractivity contribution in [2.45, 2.75) is 26.0 Å². The highest BCUT2D eigenvalue weighted by Gasteiger charge is 2.21. The van der Waals surface area contributed by atoms with Gasteiger partial charge >= 0.3 is 6.61 Å². The first-order valence-electron chi connectivity index (χ1n) is 7.22. The third-order valence-corrected chi connectivity index (χ3v) is 3.40. The van der Waals surface area contributed by atoms with Crippen molar-refractivity contribution in [2.75, 3.05) is 0 Å². The molecule has 1 amide bonds. The predicted octanol–water partition coefficient (Wildman–Crippen LogP) is 4.45. The molecular weight excluding hydrogens is 326 g/mol. The Labute approximate surface area is 136 Å². The maximum absolute atomic E-state index is 13.7. The van der Waals surface area contributed by atoms with Gasteiger partial charge in [0, 0.05) is 11.6 Å². The van der Waals surface area contributed by atoms with Gasteiger partial charge in [-0.3, -0.25) is 4.79 Å². The molecule has 0 aromatic heterocycles. The molecule has 1 unspecified atom stereocenters. The second-order valence-corrected chi connectivity index (χ2v) is 4.97. The molecule has 0 heterocycles. The van der Waals surface area contributed by atoms with Crippen LogP contribution in [0, 0.1) is 11.6 Å². The van der Waals surface area contributed by atoms with E-state index in [2.05, 4.69) is 10.1 Å². The lowest BCUT2D eigenvalue weighted by atomic mass is 10.0. The molecule has 2 aromatic rings. The molecular formula is C17H15F4NO2. The molecule has 2 rings (SSSR count). The Balaban J connectivity index is 2.25. The molecule has 0 saturated heterocycles. The average Bonchev–Trinajstić information content (AvgIpc) is 2.52. The minimum absolute atomic E-state index is 0.0702. The summed E-state index contributed by atoms with van der Waals surface area (Å²) in [6.07, 6.45) is 0.359. The summed E-state index contributed by atoms with van der Waals surface area (Å²) in [6.45, 7) is -1.28. The molecule has 0 spiro atoms. The fourth-order valence-electron chi connectivity index (χ4n) is 2.28. The number of para-hydroxylation sites is 1. The number of carbonyl (C=O) groups is 1. The fourth-order valence-corrected chi connectivity index (χ4v) is 2.28. The summed E-state index contributed by atoms with van der Waals surface area (Å²) in [7, 11) is 0. The summed E-state index contributed by atoms with van der Waals surface area (Å²) >= 11 is 0. The van der Waals surface area contributed by atoms with E-state index < -0.39 is 30.2 Å². The number of hydrogen-bond donors (Lipinski definition) is 1. The number of hydrogen-bond acceptors (Lipinski definition) is 2. The van der Waals surface area contributed by atoms with Gasteiger partial charge in [0.05, 0.1) is 11.6 Å². The van der Waals surface area contributed by atoms with Crippen LogP contribution in [0.5, 0.6) is 5.75 Å². The largest absolute Gasteiger partial charge is 0.434 e. The molecule has 7 heteroatoms. The minimum Gasteiger partial charge on any atom is -0.434 e. The van der Waals surface area contributed by atoms with Crippen LogP contribution in [0.4, 0.5) is 17.6 Å². The predicted molar refractivity (Wildman–Crippen MR) is 79.9 cm³/mol. The lowest BCUT2D eigenvalue weighted by Gasteiger charge is -2.20. The van der Waals surface area contributed by atoms with E-state index in [4.69, 9.17) is 0 Å². The summed E-state index contributed by atoms with van der Waals surface area (Å²) in [5, 5.41) is 2.55. The monoisotopic (exact) mass is 341 g/mol. The van der Waals surface area contributed by atoms with E-state index in [1.54, 1.807) is 13.0 Å². The lowest BCUT2D eigenvalue weighted by molar-refractivity contribution is -0.0506. The molecule has 1 atom stereocenters. The maximum atomic E-state index is 13.7. The maximum Gasteiger partial charge on any atom is 0.387 e. The van der Waals surface area contributed by atoms with Gasteiger partial charge in [-0.25, -0.2) is 8.78 Å². The second kappa shape index (κ2) is 7.81. The van der Waals surface area contributed by atoms with Crippen LogP contribution >= 0.6 is 0 Å². The summed E-state index contributed by atoms with van der Waals surface area (Å²) in [4.78, 5) is 12.2. The number of ether oxygens (including phenoxy) is 1. The number of nitrogens with one attached hydrogen (secondary N) is 1. The van der Waals surface area contributed by atoms with Crippen molar-refractivity contribution in [3.8, 4) is 5.75 Å². The molecule has 1 N–H and O–H groups in total. The van der Waals surface area contributed by atoms with Crippen LogP contribution in [0.3, 0.4) is 0 Å². The van der Waals surface area contributed by atoms with Crippen LogP contribution in [0.25, 0.3) is 0 Å². The van der Waals surface area contributed by atoms with Crippen molar-refractivity contribution in [3.63, 3.8) is 0 Å². The number of rotatable bonds is 6. The first kappa shape index (κ1) is 17.8. The average molecular weight is 341 g/mol. The standard InChI is InChI=1S/C17H15F4NO2/c1-2-14(12-5-3-4-6-15(12)24-17(20)21)22-16(23)11-8-7-10(18)9-13(11)19/h3-9,14,17H,2H2,1H3,(H,22,23). The van der Waals surface area contributed by atoms with Gasteiger partial charge in [0.15, 0.2) is 0 Å². The number of carbonyl (C=O) groups excluding carboxylic acids is 1. The quantitative estimate of drug-likeness (QED) is 0.789. The van der Waals surface area contributed by atoms with Gasteiger partial charge in [0.25, 0.3) is 5.91 Å². The minimum atomic E-state index is -3.01. The number of halogens is 4. The molecule has 2 aromatic carbocycles. The molecule has 128 valence electrons. The Morgan fingerprint density at radius 2 is 1.88 bits per heavy atom. The molecule has 0 aliphatic rings. The Morgan fingerprint density at radius 3 is 2.50 bits per heavy atom. The van der Waals surface area contributed by atoms with Crippen LogP contribution in [-0.2, 0) is 0 Å². The third kappa shape index (κ3) is 4.24. The van der Waals surface area contributed by atoms with E-state index in [-0.39, 0.29) is 11.3 Å². The van der Waals surface area contributed by atoms with Crippen LogP contribution < -0.4 is 10.1 Å². The van der Waals surface area contributed by atoms with E-state index in [9.17, 15) is 22.4 Å². The van der Waals surface area contributed by atoms with Crippen molar-refractivity contribution in [3.05, 3.63) is 65.2 Å². The smallest absolute Gasteiger partial charge is 0.387 e. The lowest BCUT2D eigenvalue weighted by Crippen LogP contribution is -2.29. The summed E-state index contributed by atoms with van der Waals surface area (Å²) in [5.74, 6) is -2.64. The van der Waals surface area contributed by atoms with E-state index in [0.29, 0.717) is 18.1 Å². The molecule has 0 aliphatic heterocycles. The van der Waals surface area contributed by atoms with E-state index >= 15 is 0 Å². The molecule has 0 fully saturated rings. The van der Waals surface area contributed by atoms with Crippen molar-refractivity contribution in [1.29, 1.82) is 0 Å². The Bertz CT molecular complexity index is 721. The first-order chi connectivity index (χ1) is 11.4. The Kier molecular flexibility index (Phi) is 5.78. The highest BCUT2D eigenvalue weighted by Crippen LogP contribution is 2.28. The highest BCUT2D eigenvalue weighted by atomic mass is 19.3. The zero-order chi connectivity index (χ0) is 17.7. The Morgan fingerprint density at radius 1 is 1.17 bits per heavy atom. The molecule has 24 heavy (non-hydrogen) atoms. The van der Waals surface area contributed by atoms with Crippen LogP contribution in [0.15, 0.2) is 42.5 Å². The molecule has 3 nitrogen and oxygen atoms in total. The van der Waals surface area contributed by atoms with E-state index in [0.717, 1.165) is 12.1 Å². The van der Waals surface area contributed by atoms with Crippen LogP contribution in [0.1, 0.15) is 35.3 Å². The first-order valence-corrected chi connectivity index (χ1v) is 7.22. The SMILES string of the molecule is CCC(NC(=O)c1ccc(F)cc1F)c1ccccc1OC(F)F. The van der Waals surface area contributed by atoms with Crippen LogP contribution in [0.2, 0.25) is 0 Å². The molecule has 0 aliphatic carbocycles. The van der Waals surface area contributed by atoms with E-state index in [1.807, 2.05) is 0 Å². The van der Waals surface area contributed by atoms with Crippen molar-refractivity contribution >= 4 is 5.91 Å². The van der Waals surface area contributed by atoms with Gasteiger partial charge in [0.1, 0.15) is 17.4 Å². The second-order valence-electron chi connectivity index (χ2n) is 4.97. The third-order valence-electron chi connectivity index (χ3n) is 3.40. The van der Waals surface area contributed by atoms with Crippen molar-refractivity contribution in [1.82, 2.24) is 5.32 Å². The summed E-state index contributed by atoms with van der Waals surface area (Å²) < 4.78 is 56.0. The zero-order valence-electron chi connectivity index (χ0n) is 12.7. The Hall–Kier alpha value is -2.57. The van der Waals surface area contributed by atoms with E-state index in [1.165, 1.54) is 18.2 Å². The molecule has 0 radical (unpaired) electrons. The van der Waals surface area contributed by atoms with Crippen molar-refractivity contribution in [2.24, 2.45) is 0 Å². The summed E-state index contributed by atoms with van der Waals surface area (Å²) in [5.41, 5.74) is 0.0123. The van der Waals surface area contributed by atoms with Gasteiger partial charge < -0.3 is 10.1 Å². The summed E-state index contributed by atoms with van der Waals surface area (Å²) in [6, 6.07) is 7.94. The zero-order valence-corrected chi connectivity index (χ0v) is 12.7. The van der Waals surface area contributed by atoms with Gasteiger partial charge in [-0.05, 0) is 24.6 Å². The molecule has 0 saturated carbocycles. The normalized spacial score (nSPS) is 12.1. The van der Waals surface area contributed by atoms with Crippen molar-refractivity contribution < 1.29 is 27.1 Å². The van der Waals surface area contributed by atoms with Gasteiger partial charge in [-0.2, -0.15) is 8.78 Å². The molecule has 0 bridgehead atoms. The number of amides is 1. The van der Waals surface area contributed by atoms with Gasteiger partial charge in [0.2, 0.25) is 0 Å². The number of benzene rings is 2. The highest BCUT2D eigenvalue weighted by molar-refractivity contribution is 5.94. The fraction of sp³-hybridized carbons (Fsp3) is 0.235. The van der Waals surface area contributed by atoms with Crippen LogP contribution in [-0.4, -0.2) is 12.5 Å². The van der Waals surface area contributed by atoms with Gasteiger partial charge in [-0.15, -0.1) is 0 Å². The van der Waals surface area contributed by atoms with Gasteiger partial charge in [-0.1, -0.05) is 25.1 Å². The topological polar surface area (TPSA) is 38.3 Å². The number of alkyl halides is 2.